The van der Waals surface area contributed by atoms with Crippen LogP contribution in [0.5, 0.6) is 0 Å². The van der Waals surface area contributed by atoms with Crippen molar-refractivity contribution < 1.29 is 9.31 Å². The summed E-state index contributed by atoms with van der Waals surface area (Å²) in [6.07, 6.45) is 0. The van der Waals surface area contributed by atoms with Gasteiger partial charge in [0.05, 0.1) is 22.8 Å². The molecule has 2 rings (SSSR count). The number of hydrogen-bond donors (Lipinski definition) is 0. The number of rotatable bonds is 1. The normalized spacial score (nSPS) is 19.7. The maximum absolute atomic E-state index is 9.58. The third kappa shape index (κ3) is 2.44. The van der Waals surface area contributed by atoms with Gasteiger partial charge in [-0.3, -0.25) is 0 Å². The highest BCUT2D eigenvalue weighted by atomic mass is 79.9. The summed E-state index contributed by atoms with van der Waals surface area (Å²) in [4.78, 5) is 0. The Morgan fingerprint density at radius 3 is 1.86 bits per heavy atom. The van der Waals surface area contributed by atoms with E-state index in [4.69, 9.17) is 9.31 Å². The zero-order chi connectivity index (χ0) is 16.2. The molecule has 1 heterocycles. The highest BCUT2D eigenvalue weighted by Crippen LogP contribution is 2.38. The molecule has 0 bridgehead atoms. The van der Waals surface area contributed by atoms with Gasteiger partial charge in [0.1, 0.15) is 0 Å². The minimum Gasteiger partial charge on any atom is -0.399 e. The predicted octanol–water partition coefficient (Wildman–Crippen LogP) is 3.55. The van der Waals surface area contributed by atoms with Crippen LogP contribution in [0.25, 0.3) is 0 Å². The predicted molar refractivity (Wildman–Crippen MR) is 88.8 cm³/mol. The van der Waals surface area contributed by atoms with E-state index < -0.39 is 18.3 Å². The Morgan fingerprint density at radius 1 is 0.952 bits per heavy atom. The summed E-state index contributed by atoms with van der Waals surface area (Å²) >= 11 is 3.63. The molecule has 0 aliphatic carbocycles. The Bertz CT molecular complexity index is 631. The molecule has 112 valence electrons. The molecule has 3 nitrogen and oxygen atoms in total. The first-order valence-electron chi connectivity index (χ1n) is 7.08. The second kappa shape index (κ2) is 5.12. The number of halogens is 1. The molecule has 1 saturated heterocycles. The van der Waals surface area contributed by atoms with E-state index in [2.05, 4.69) is 22.0 Å². The average Bonchev–Trinajstić information content (AvgIpc) is 2.59. The van der Waals surface area contributed by atoms with E-state index in [1.807, 2.05) is 48.5 Å². The molecule has 0 amide bonds. The van der Waals surface area contributed by atoms with Crippen molar-refractivity contribution in [3.63, 3.8) is 0 Å². The van der Waals surface area contributed by atoms with Gasteiger partial charge in [-0.25, -0.2) is 0 Å². The van der Waals surface area contributed by atoms with Gasteiger partial charge >= 0.3 is 7.12 Å². The van der Waals surface area contributed by atoms with Crippen LogP contribution < -0.4 is 5.46 Å². The first kappa shape index (κ1) is 16.5. The lowest BCUT2D eigenvalue weighted by atomic mass is 9.71. The number of nitriles is 1. The van der Waals surface area contributed by atoms with Gasteiger partial charge in [0.15, 0.2) is 0 Å². The minimum absolute atomic E-state index is 0.415. The quantitative estimate of drug-likeness (QED) is 0.728. The smallest absolute Gasteiger partial charge is 0.399 e. The fourth-order valence-corrected chi connectivity index (χ4v) is 3.05. The van der Waals surface area contributed by atoms with Crippen LogP contribution in [0.3, 0.4) is 0 Å². The zero-order valence-corrected chi connectivity index (χ0v) is 15.3. The summed E-state index contributed by atoms with van der Waals surface area (Å²) in [7, 11) is -0.514. The molecule has 0 spiro atoms. The second-order valence-corrected chi connectivity index (χ2v) is 7.47. The van der Waals surface area contributed by atoms with Crippen LogP contribution in [-0.2, 0) is 9.31 Å². The topological polar surface area (TPSA) is 42.2 Å². The maximum atomic E-state index is 9.58. The lowest BCUT2D eigenvalue weighted by molar-refractivity contribution is 0.00578. The summed E-state index contributed by atoms with van der Waals surface area (Å²) in [5.74, 6) is 0. The van der Waals surface area contributed by atoms with E-state index >= 15 is 0 Å². The zero-order valence-electron chi connectivity index (χ0n) is 13.7. The largest absolute Gasteiger partial charge is 0.496 e. The first-order chi connectivity index (χ1) is 9.53. The van der Waals surface area contributed by atoms with E-state index in [-0.39, 0.29) is 0 Å². The number of benzene rings is 1. The van der Waals surface area contributed by atoms with Crippen LogP contribution in [0.15, 0.2) is 4.47 Å². The molecule has 1 aromatic rings. The highest BCUT2D eigenvalue weighted by Gasteiger charge is 2.53. The van der Waals surface area contributed by atoms with E-state index in [0.717, 1.165) is 26.6 Å². The Hall–Kier alpha value is -0.825. The van der Waals surface area contributed by atoms with E-state index in [1.165, 1.54) is 0 Å². The lowest BCUT2D eigenvalue weighted by Crippen LogP contribution is -2.41. The van der Waals surface area contributed by atoms with E-state index in [9.17, 15) is 5.26 Å². The third-order valence-corrected chi connectivity index (χ3v) is 6.06. The van der Waals surface area contributed by atoms with Crippen molar-refractivity contribution in [1.29, 1.82) is 5.26 Å². The fourth-order valence-electron chi connectivity index (χ4n) is 2.54. The molecule has 0 aromatic heterocycles. The van der Waals surface area contributed by atoms with Crippen LogP contribution in [0.2, 0.25) is 0 Å². The van der Waals surface area contributed by atoms with Crippen molar-refractivity contribution in [2.75, 3.05) is 0 Å². The number of nitrogens with zero attached hydrogens (tertiary/aromatic N) is 1. The van der Waals surface area contributed by atoms with Crippen LogP contribution >= 0.6 is 15.9 Å². The summed E-state index contributed by atoms with van der Waals surface area (Å²) in [5.41, 5.74) is 3.74. The van der Waals surface area contributed by atoms with Gasteiger partial charge in [-0.05, 0) is 65.2 Å². The average molecular weight is 350 g/mol. The number of hydrogen-bond acceptors (Lipinski definition) is 3. The minimum atomic E-state index is -0.514. The second-order valence-electron chi connectivity index (χ2n) is 6.68. The molecule has 0 saturated carbocycles. The first-order valence-corrected chi connectivity index (χ1v) is 7.87. The molecular formula is C16H21BBrNO2. The third-order valence-electron chi connectivity index (χ3n) is 4.87. The summed E-state index contributed by atoms with van der Waals surface area (Å²) in [5, 5.41) is 9.58. The molecule has 0 atom stereocenters. The SMILES string of the molecule is Cc1c(C)c(C#N)c(B2OC(C)(C)C(C)(C)O2)c(C)c1Br. The summed E-state index contributed by atoms with van der Waals surface area (Å²) in [6.45, 7) is 14.1. The Balaban J connectivity index is 2.65. The van der Waals surface area contributed by atoms with Gasteiger partial charge < -0.3 is 9.31 Å². The molecule has 1 aromatic carbocycles. The fraction of sp³-hybridized carbons (Fsp3) is 0.562. The molecule has 5 heteroatoms. The standard InChI is InChI=1S/C16H21BBrNO2/c1-9-10(2)14(18)11(3)13(12(9)8-19)17-20-15(4,5)16(6,7)21-17/h1-7H3. The van der Waals surface area contributed by atoms with Crippen molar-refractivity contribution in [2.45, 2.75) is 59.7 Å². The van der Waals surface area contributed by atoms with Crippen LogP contribution in [0, 0.1) is 32.1 Å². The molecule has 0 N–H and O–H groups in total. The summed E-state index contributed by atoms with van der Waals surface area (Å²) in [6, 6.07) is 2.32. The van der Waals surface area contributed by atoms with Crippen LogP contribution in [-0.4, -0.2) is 18.3 Å². The van der Waals surface area contributed by atoms with E-state index in [1.54, 1.807) is 0 Å². The van der Waals surface area contributed by atoms with Gasteiger partial charge in [0, 0.05) is 9.94 Å². The van der Waals surface area contributed by atoms with Gasteiger partial charge in [0.25, 0.3) is 0 Å². The molecule has 1 aliphatic heterocycles. The Kier molecular flexibility index (Phi) is 4.03. The molecule has 1 fully saturated rings. The molecule has 0 unspecified atom stereocenters. The molecular weight excluding hydrogens is 329 g/mol. The van der Waals surface area contributed by atoms with Crippen molar-refractivity contribution in [1.82, 2.24) is 0 Å². The van der Waals surface area contributed by atoms with Crippen molar-refractivity contribution in [2.24, 2.45) is 0 Å². The summed E-state index contributed by atoms with van der Waals surface area (Å²) < 4.78 is 13.3. The highest BCUT2D eigenvalue weighted by molar-refractivity contribution is 9.10. The van der Waals surface area contributed by atoms with Crippen molar-refractivity contribution in [3.8, 4) is 6.07 Å². The Morgan fingerprint density at radius 2 is 1.43 bits per heavy atom. The van der Waals surface area contributed by atoms with Gasteiger partial charge in [-0.2, -0.15) is 5.26 Å². The van der Waals surface area contributed by atoms with Crippen LogP contribution in [0.1, 0.15) is 49.9 Å². The van der Waals surface area contributed by atoms with Crippen molar-refractivity contribution >= 4 is 28.5 Å². The lowest BCUT2D eigenvalue weighted by Gasteiger charge is -2.32. The van der Waals surface area contributed by atoms with E-state index in [0.29, 0.717) is 5.56 Å². The van der Waals surface area contributed by atoms with Gasteiger partial charge in [-0.15, -0.1) is 0 Å². The van der Waals surface area contributed by atoms with Gasteiger partial charge in [-0.1, -0.05) is 15.9 Å². The maximum Gasteiger partial charge on any atom is 0.496 e. The Labute approximate surface area is 135 Å². The van der Waals surface area contributed by atoms with Gasteiger partial charge in [0.2, 0.25) is 0 Å². The van der Waals surface area contributed by atoms with Crippen molar-refractivity contribution in [3.05, 3.63) is 26.7 Å². The monoisotopic (exact) mass is 349 g/mol. The molecule has 21 heavy (non-hydrogen) atoms. The van der Waals surface area contributed by atoms with Crippen LogP contribution in [0.4, 0.5) is 0 Å². The molecule has 1 aliphatic rings. The molecule has 0 radical (unpaired) electrons.